The van der Waals surface area contributed by atoms with Crippen LogP contribution in [0.1, 0.15) is 103 Å². The van der Waals surface area contributed by atoms with Crippen molar-refractivity contribution in [2.24, 2.45) is 0 Å². The summed E-state index contributed by atoms with van der Waals surface area (Å²) in [5.41, 5.74) is 0.820. The maximum absolute atomic E-state index is 11.8. The lowest BCUT2D eigenvalue weighted by Crippen LogP contribution is -2.10. The Balaban J connectivity index is 1.83. The molecule has 0 aliphatic rings. The van der Waals surface area contributed by atoms with E-state index in [0.29, 0.717) is 6.42 Å². The second kappa shape index (κ2) is 16.7. The highest BCUT2D eigenvalue weighted by molar-refractivity contribution is 5.90. The fourth-order valence-electron chi connectivity index (χ4n) is 3.34. The Kier molecular flexibility index (Phi) is 14.6. The van der Waals surface area contributed by atoms with E-state index in [1.807, 2.05) is 12.1 Å². The molecule has 0 radical (unpaired) electrons. The molecule has 0 fully saturated rings. The number of unbranched alkanes of at least 4 members (excludes halogenated alkanes) is 10. The van der Waals surface area contributed by atoms with Gasteiger partial charge in [0, 0.05) is 24.5 Å². The number of aliphatic hydroxyl groups is 1. The molecule has 0 saturated carbocycles. The molecule has 1 unspecified atom stereocenters. The van der Waals surface area contributed by atoms with Crippen LogP contribution in [-0.2, 0) is 4.79 Å². The van der Waals surface area contributed by atoms with Gasteiger partial charge in [-0.15, -0.1) is 0 Å². The summed E-state index contributed by atoms with van der Waals surface area (Å²) in [5, 5.41) is 12.8. The molecule has 0 saturated heterocycles. The topological polar surface area (TPSA) is 62.2 Å². The van der Waals surface area contributed by atoms with Gasteiger partial charge < -0.3 is 10.4 Å². The minimum absolute atomic E-state index is 0.0832. The highest BCUT2D eigenvalue weighted by Gasteiger charge is 2.04. The third kappa shape index (κ3) is 14.3. The maximum atomic E-state index is 11.8. The molecular formula is C23H40N2O2. The molecular weight excluding hydrogens is 336 g/mol. The summed E-state index contributed by atoms with van der Waals surface area (Å²) in [4.78, 5) is 15.8. The van der Waals surface area contributed by atoms with Gasteiger partial charge in [-0.1, -0.05) is 77.6 Å². The van der Waals surface area contributed by atoms with Gasteiger partial charge in [0.1, 0.15) is 0 Å². The van der Waals surface area contributed by atoms with Gasteiger partial charge in [-0.2, -0.15) is 0 Å². The molecule has 0 spiro atoms. The lowest BCUT2D eigenvalue weighted by Gasteiger charge is -2.10. The fourth-order valence-corrected chi connectivity index (χ4v) is 3.34. The van der Waals surface area contributed by atoms with E-state index in [-0.39, 0.29) is 12.0 Å². The molecule has 1 heterocycles. The van der Waals surface area contributed by atoms with Crippen LogP contribution in [0.3, 0.4) is 0 Å². The Hall–Kier alpha value is -1.42. The molecule has 0 aliphatic carbocycles. The summed E-state index contributed by atoms with van der Waals surface area (Å²) >= 11 is 0. The SMILES string of the molecule is CCCCCCC(O)CCCCCCCCCCC(=O)Nc1ccncc1. The first kappa shape index (κ1) is 23.6. The predicted molar refractivity (Wildman–Crippen MR) is 114 cm³/mol. The summed E-state index contributed by atoms with van der Waals surface area (Å²) in [5.74, 6) is 0.0921. The summed E-state index contributed by atoms with van der Waals surface area (Å²) in [6, 6.07) is 3.62. The van der Waals surface area contributed by atoms with E-state index in [2.05, 4.69) is 17.2 Å². The third-order valence-electron chi connectivity index (χ3n) is 5.05. The average Bonchev–Trinajstić information content (AvgIpc) is 2.67. The number of aromatic nitrogens is 1. The largest absolute Gasteiger partial charge is 0.393 e. The number of hydrogen-bond acceptors (Lipinski definition) is 3. The lowest BCUT2D eigenvalue weighted by atomic mass is 10.0. The van der Waals surface area contributed by atoms with Gasteiger partial charge in [0.2, 0.25) is 5.91 Å². The van der Waals surface area contributed by atoms with E-state index >= 15 is 0 Å². The summed E-state index contributed by atoms with van der Waals surface area (Å²) in [7, 11) is 0. The van der Waals surface area contributed by atoms with Crippen molar-refractivity contribution in [3.8, 4) is 0 Å². The van der Waals surface area contributed by atoms with Crippen LogP contribution in [0, 0.1) is 0 Å². The van der Waals surface area contributed by atoms with Crippen molar-refractivity contribution in [2.75, 3.05) is 5.32 Å². The Morgan fingerprint density at radius 3 is 2.00 bits per heavy atom. The second-order valence-electron chi connectivity index (χ2n) is 7.65. The summed E-state index contributed by atoms with van der Waals surface area (Å²) in [6.45, 7) is 2.22. The molecule has 0 aromatic carbocycles. The normalized spacial score (nSPS) is 12.1. The molecule has 1 amide bonds. The third-order valence-corrected chi connectivity index (χ3v) is 5.05. The fraction of sp³-hybridized carbons (Fsp3) is 0.739. The van der Waals surface area contributed by atoms with E-state index in [9.17, 15) is 9.90 Å². The van der Waals surface area contributed by atoms with E-state index in [1.54, 1.807) is 12.4 Å². The molecule has 27 heavy (non-hydrogen) atoms. The molecule has 4 heteroatoms. The minimum Gasteiger partial charge on any atom is -0.393 e. The van der Waals surface area contributed by atoms with Crippen LogP contribution in [0.15, 0.2) is 24.5 Å². The van der Waals surface area contributed by atoms with Crippen LogP contribution in [0.25, 0.3) is 0 Å². The minimum atomic E-state index is -0.0832. The number of carbonyl (C=O) groups is 1. The van der Waals surface area contributed by atoms with Crippen molar-refractivity contribution < 1.29 is 9.90 Å². The zero-order valence-electron chi connectivity index (χ0n) is 17.3. The van der Waals surface area contributed by atoms with Crippen molar-refractivity contribution in [1.29, 1.82) is 0 Å². The van der Waals surface area contributed by atoms with Crippen molar-refractivity contribution in [1.82, 2.24) is 4.98 Å². The van der Waals surface area contributed by atoms with Crippen molar-refractivity contribution in [2.45, 2.75) is 109 Å². The molecule has 4 nitrogen and oxygen atoms in total. The van der Waals surface area contributed by atoms with Gasteiger partial charge in [0.05, 0.1) is 6.10 Å². The molecule has 0 aliphatic heterocycles. The molecule has 1 aromatic rings. The Morgan fingerprint density at radius 1 is 0.889 bits per heavy atom. The second-order valence-corrected chi connectivity index (χ2v) is 7.65. The van der Waals surface area contributed by atoms with Crippen LogP contribution in [0.4, 0.5) is 5.69 Å². The van der Waals surface area contributed by atoms with Gasteiger partial charge in [0.15, 0.2) is 0 Å². The number of pyridine rings is 1. The van der Waals surface area contributed by atoms with Gasteiger partial charge >= 0.3 is 0 Å². The highest BCUT2D eigenvalue weighted by atomic mass is 16.3. The number of rotatable bonds is 17. The van der Waals surface area contributed by atoms with E-state index in [4.69, 9.17) is 0 Å². The van der Waals surface area contributed by atoms with Gasteiger partial charge in [-0.25, -0.2) is 0 Å². The number of carbonyl (C=O) groups excluding carboxylic acids is 1. The van der Waals surface area contributed by atoms with Crippen molar-refractivity contribution >= 4 is 11.6 Å². The van der Waals surface area contributed by atoms with Crippen LogP contribution in [0.5, 0.6) is 0 Å². The number of amides is 1. The Bertz CT molecular complexity index is 465. The Labute approximate surface area is 166 Å². The highest BCUT2D eigenvalue weighted by Crippen LogP contribution is 2.14. The average molecular weight is 377 g/mol. The first-order valence-electron chi connectivity index (χ1n) is 11.1. The molecule has 1 atom stereocenters. The van der Waals surface area contributed by atoms with Gasteiger partial charge in [-0.3, -0.25) is 9.78 Å². The first-order chi connectivity index (χ1) is 13.2. The maximum Gasteiger partial charge on any atom is 0.224 e. The number of aliphatic hydroxyl groups excluding tert-OH is 1. The molecule has 2 N–H and O–H groups in total. The van der Waals surface area contributed by atoms with Crippen molar-refractivity contribution in [3.63, 3.8) is 0 Å². The summed E-state index contributed by atoms with van der Waals surface area (Å²) in [6.07, 6.45) is 20.3. The lowest BCUT2D eigenvalue weighted by molar-refractivity contribution is -0.116. The zero-order valence-corrected chi connectivity index (χ0v) is 17.3. The monoisotopic (exact) mass is 376 g/mol. The quantitative estimate of drug-likeness (QED) is 0.316. The van der Waals surface area contributed by atoms with Crippen LogP contribution in [-0.4, -0.2) is 22.1 Å². The van der Waals surface area contributed by atoms with Crippen LogP contribution < -0.4 is 5.32 Å². The Morgan fingerprint density at radius 2 is 1.41 bits per heavy atom. The van der Waals surface area contributed by atoms with Crippen molar-refractivity contribution in [3.05, 3.63) is 24.5 Å². The number of nitrogens with zero attached hydrogens (tertiary/aromatic N) is 1. The van der Waals surface area contributed by atoms with Gasteiger partial charge in [0.25, 0.3) is 0 Å². The van der Waals surface area contributed by atoms with Gasteiger partial charge in [-0.05, 0) is 31.4 Å². The smallest absolute Gasteiger partial charge is 0.224 e. The van der Waals surface area contributed by atoms with Crippen LogP contribution >= 0.6 is 0 Å². The molecule has 1 aromatic heterocycles. The first-order valence-corrected chi connectivity index (χ1v) is 11.1. The molecule has 0 bridgehead atoms. The van der Waals surface area contributed by atoms with E-state index in [0.717, 1.165) is 37.8 Å². The molecule has 154 valence electrons. The number of hydrogen-bond donors (Lipinski definition) is 2. The van der Waals surface area contributed by atoms with E-state index in [1.165, 1.54) is 57.8 Å². The molecule has 1 rings (SSSR count). The number of anilines is 1. The zero-order chi connectivity index (χ0) is 19.6. The standard InChI is InChI=1S/C23H40N2O2/c1-2-3-4-11-14-22(26)15-12-9-7-5-6-8-10-13-16-23(27)25-21-17-19-24-20-18-21/h17-20,22,26H,2-16H2,1H3,(H,24,25,27). The predicted octanol–water partition coefficient (Wildman–Crippen LogP) is 6.25. The van der Waals surface area contributed by atoms with Crippen LogP contribution in [0.2, 0.25) is 0 Å². The summed E-state index contributed by atoms with van der Waals surface area (Å²) < 4.78 is 0. The van der Waals surface area contributed by atoms with E-state index < -0.39 is 0 Å². The number of nitrogens with one attached hydrogen (secondary N) is 1.